The Bertz CT molecular complexity index is 453. The van der Waals surface area contributed by atoms with E-state index in [1.807, 2.05) is 0 Å². The Morgan fingerprint density at radius 1 is 1.40 bits per heavy atom. The van der Waals surface area contributed by atoms with Gasteiger partial charge in [0.05, 0.1) is 11.2 Å². The molecule has 112 valence electrons. The van der Waals surface area contributed by atoms with E-state index >= 15 is 0 Å². The standard InChI is InChI=1S/C14H22N2O3S/c1-10(2)20-9-11-15-12(19-16-11)8-14(13(17)18)6-4-3-5-7-14/h10H,3-9H2,1-2H3,(H,17,18). The van der Waals surface area contributed by atoms with E-state index in [2.05, 4.69) is 24.0 Å². The molecule has 0 aromatic carbocycles. The number of hydrogen-bond acceptors (Lipinski definition) is 5. The van der Waals surface area contributed by atoms with Crippen molar-refractivity contribution in [3.05, 3.63) is 11.7 Å². The van der Waals surface area contributed by atoms with Crippen LogP contribution in [0.25, 0.3) is 0 Å². The molecule has 0 atom stereocenters. The molecule has 1 aliphatic rings. The molecule has 20 heavy (non-hydrogen) atoms. The van der Waals surface area contributed by atoms with Gasteiger partial charge in [-0.15, -0.1) is 0 Å². The molecule has 1 aromatic rings. The summed E-state index contributed by atoms with van der Waals surface area (Å²) < 4.78 is 5.24. The summed E-state index contributed by atoms with van der Waals surface area (Å²) in [6.45, 7) is 4.24. The minimum Gasteiger partial charge on any atom is -0.481 e. The normalized spacial score (nSPS) is 18.4. The van der Waals surface area contributed by atoms with Gasteiger partial charge in [0, 0.05) is 6.42 Å². The monoisotopic (exact) mass is 298 g/mol. The second kappa shape index (κ2) is 6.61. The van der Waals surface area contributed by atoms with Crippen LogP contribution >= 0.6 is 11.8 Å². The van der Waals surface area contributed by atoms with Gasteiger partial charge in [-0.3, -0.25) is 4.79 Å². The Morgan fingerprint density at radius 3 is 2.70 bits per heavy atom. The summed E-state index contributed by atoms with van der Waals surface area (Å²) in [6.07, 6.45) is 4.84. The van der Waals surface area contributed by atoms with Crippen molar-refractivity contribution < 1.29 is 14.4 Å². The van der Waals surface area contributed by atoms with Crippen LogP contribution in [-0.2, 0) is 17.0 Å². The van der Waals surface area contributed by atoms with Crippen molar-refractivity contribution in [3.8, 4) is 0 Å². The van der Waals surface area contributed by atoms with E-state index < -0.39 is 11.4 Å². The zero-order valence-electron chi connectivity index (χ0n) is 12.1. The molecule has 1 aromatic heterocycles. The van der Waals surface area contributed by atoms with Crippen LogP contribution in [0.3, 0.4) is 0 Å². The fourth-order valence-corrected chi connectivity index (χ4v) is 3.25. The molecule has 5 nitrogen and oxygen atoms in total. The van der Waals surface area contributed by atoms with Crippen molar-refractivity contribution in [2.75, 3.05) is 0 Å². The summed E-state index contributed by atoms with van der Waals surface area (Å²) in [5.74, 6) is 1.11. The highest BCUT2D eigenvalue weighted by Crippen LogP contribution is 2.39. The molecule has 1 heterocycles. The van der Waals surface area contributed by atoms with Crippen LogP contribution in [0.15, 0.2) is 4.52 Å². The zero-order chi connectivity index (χ0) is 14.6. The Labute approximate surface area is 123 Å². The Balaban J connectivity index is 2.02. The van der Waals surface area contributed by atoms with Crippen LogP contribution < -0.4 is 0 Å². The number of thioether (sulfide) groups is 1. The number of carboxylic acids is 1. The van der Waals surface area contributed by atoms with Gasteiger partial charge in [0.1, 0.15) is 0 Å². The maximum atomic E-state index is 11.6. The predicted octanol–water partition coefficient (Wildman–Crippen LogP) is 3.29. The largest absolute Gasteiger partial charge is 0.481 e. The minimum absolute atomic E-state index is 0.363. The molecule has 2 rings (SSSR count). The van der Waals surface area contributed by atoms with Crippen molar-refractivity contribution >= 4 is 17.7 Å². The smallest absolute Gasteiger partial charge is 0.310 e. The van der Waals surface area contributed by atoms with Gasteiger partial charge in [-0.2, -0.15) is 16.7 Å². The fraction of sp³-hybridized carbons (Fsp3) is 0.786. The third kappa shape index (κ3) is 3.75. The van der Waals surface area contributed by atoms with Crippen LogP contribution in [0, 0.1) is 5.41 Å². The van der Waals surface area contributed by atoms with Crippen LogP contribution in [0.2, 0.25) is 0 Å². The third-order valence-electron chi connectivity index (χ3n) is 3.81. The molecule has 1 fully saturated rings. The highest BCUT2D eigenvalue weighted by Gasteiger charge is 2.41. The summed E-state index contributed by atoms with van der Waals surface area (Å²) in [5.41, 5.74) is -0.701. The van der Waals surface area contributed by atoms with Crippen LogP contribution in [0.5, 0.6) is 0 Å². The van der Waals surface area contributed by atoms with Crippen molar-refractivity contribution in [1.82, 2.24) is 10.1 Å². The summed E-state index contributed by atoms with van der Waals surface area (Å²) in [4.78, 5) is 16.0. The van der Waals surface area contributed by atoms with Gasteiger partial charge in [0.15, 0.2) is 5.82 Å². The van der Waals surface area contributed by atoms with Gasteiger partial charge in [0.2, 0.25) is 5.89 Å². The van der Waals surface area contributed by atoms with Crippen molar-refractivity contribution in [2.24, 2.45) is 5.41 Å². The number of aromatic nitrogens is 2. The Kier molecular flexibility index (Phi) is 5.07. The topological polar surface area (TPSA) is 76.2 Å². The van der Waals surface area contributed by atoms with Gasteiger partial charge >= 0.3 is 5.97 Å². The maximum absolute atomic E-state index is 11.6. The number of carboxylic acid groups (broad SMARTS) is 1. The highest BCUT2D eigenvalue weighted by molar-refractivity contribution is 7.99. The predicted molar refractivity (Wildman–Crippen MR) is 77.6 cm³/mol. The van der Waals surface area contributed by atoms with E-state index in [1.165, 1.54) is 0 Å². The first-order chi connectivity index (χ1) is 9.52. The molecule has 0 spiro atoms. The van der Waals surface area contributed by atoms with Gasteiger partial charge < -0.3 is 9.63 Å². The minimum atomic E-state index is -0.728. The van der Waals surface area contributed by atoms with Crippen molar-refractivity contribution in [2.45, 2.75) is 63.4 Å². The van der Waals surface area contributed by atoms with Crippen LogP contribution in [-0.4, -0.2) is 26.5 Å². The van der Waals surface area contributed by atoms with Gasteiger partial charge in [-0.25, -0.2) is 0 Å². The van der Waals surface area contributed by atoms with E-state index in [4.69, 9.17) is 4.52 Å². The molecule has 0 amide bonds. The van der Waals surface area contributed by atoms with E-state index in [1.54, 1.807) is 11.8 Å². The van der Waals surface area contributed by atoms with E-state index in [0.717, 1.165) is 19.3 Å². The Hall–Kier alpha value is -1.04. The summed E-state index contributed by atoms with van der Waals surface area (Å²) in [7, 11) is 0. The average molecular weight is 298 g/mol. The maximum Gasteiger partial charge on any atom is 0.310 e. The number of carbonyl (C=O) groups is 1. The van der Waals surface area contributed by atoms with Crippen LogP contribution in [0.1, 0.15) is 57.7 Å². The average Bonchev–Trinajstić information content (AvgIpc) is 2.85. The quantitative estimate of drug-likeness (QED) is 0.868. The molecule has 1 saturated carbocycles. The summed E-state index contributed by atoms with van der Waals surface area (Å²) in [5, 5.41) is 14.0. The SMILES string of the molecule is CC(C)SCc1noc(CC2(C(=O)O)CCCCC2)n1. The van der Waals surface area contributed by atoms with E-state index in [0.29, 0.717) is 42.0 Å². The van der Waals surface area contributed by atoms with Gasteiger partial charge in [0.25, 0.3) is 0 Å². The second-order valence-electron chi connectivity index (χ2n) is 5.79. The summed E-state index contributed by atoms with van der Waals surface area (Å²) in [6, 6.07) is 0. The zero-order valence-corrected chi connectivity index (χ0v) is 12.9. The molecular formula is C14H22N2O3S. The van der Waals surface area contributed by atoms with Crippen molar-refractivity contribution in [1.29, 1.82) is 0 Å². The molecule has 0 aliphatic heterocycles. The van der Waals surface area contributed by atoms with Gasteiger partial charge in [-0.05, 0) is 18.1 Å². The molecule has 0 unspecified atom stereocenters. The molecule has 0 radical (unpaired) electrons. The van der Waals surface area contributed by atoms with Crippen molar-refractivity contribution in [3.63, 3.8) is 0 Å². The van der Waals surface area contributed by atoms with E-state index in [-0.39, 0.29) is 0 Å². The first kappa shape index (κ1) is 15.4. The lowest BCUT2D eigenvalue weighted by atomic mass is 9.72. The lowest BCUT2D eigenvalue weighted by Gasteiger charge is -2.31. The highest BCUT2D eigenvalue weighted by atomic mass is 32.2. The number of nitrogens with zero attached hydrogens (tertiary/aromatic N) is 2. The number of aliphatic carboxylic acids is 1. The second-order valence-corrected chi connectivity index (χ2v) is 7.35. The number of rotatable bonds is 6. The first-order valence-electron chi connectivity index (χ1n) is 7.18. The molecule has 0 bridgehead atoms. The lowest BCUT2D eigenvalue weighted by Crippen LogP contribution is -2.35. The molecule has 1 N–H and O–H groups in total. The van der Waals surface area contributed by atoms with Gasteiger partial charge in [-0.1, -0.05) is 38.3 Å². The lowest BCUT2D eigenvalue weighted by molar-refractivity contribution is -0.151. The number of hydrogen-bond donors (Lipinski definition) is 1. The third-order valence-corrected chi connectivity index (χ3v) is 4.90. The van der Waals surface area contributed by atoms with Crippen LogP contribution in [0.4, 0.5) is 0 Å². The fourth-order valence-electron chi connectivity index (χ4n) is 2.65. The molecule has 1 aliphatic carbocycles. The molecule has 6 heteroatoms. The Morgan fingerprint density at radius 2 is 2.10 bits per heavy atom. The van der Waals surface area contributed by atoms with E-state index in [9.17, 15) is 9.90 Å². The first-order valence-corrected chi connectivity index (χ1v) is 8.23. The summed E-state index contributed by atoms with van der Waals surface area (Å²) >= 11 is 1.75. The molecular weight excluding hydrogens is 276 g/mol. The molecule has 0 saturated heterocycles.